The third kappa shape index (κ3) is 4.31. The quantitative estimate of drug-likeness (QED) is 0.426. The Morgan fingerprint density at radius 2 is 2.10 bits per heavy atom. The van der Waals surface area contributed by atoms with Crippen molar-refractivity contribution in [3.8, 4) is 11.3 Å². The number of nitrogens with one attached hydrogen (secondary N) is 2. The summed E-state index contributed by atoms with van der Waals surface area (Å²) in [4.78, 5) is 24.1. The van der Waals surface area contributed by atoms with Crippen LogP contribution in [0.5, 0.6) is 0 Å². The van der Waals surface area contributed by atoms with Gasteiger partial charge in [0.15, 0.2) is 11.6 Å². The van der Waals surface area contributed by atoms with E-state index in [1.807, 2.05) is 43.3 Å². The van der Waals surface area contributed by atoms with Gasteiger partial charge in [0.1, 0.15) is 11.2 Å². The molecule has 0 aliphatic heterocycles. The van der Waals surface area contributed by atoms with Crippen molar-refractivity contribution in [1.29, 1.82) is 0 Å². The number of pyridine rings is 2. The van der Waals surface area contributed by atoms with E-state index in [2.05, 4.69) is 30.5 Å². The average molecular weight is 418 g/mol. The lowest BCUT2D eigenvalue weighted by Gasteiger charge is -2.08. The lowest BCUT2D eigenvalue weighted by atomic mass is 10.0. The van der Waals surface area contributed by atoms with E-state index in [0.29, 0.717) is 11.1 Å². The molecule has 0 fully saturated rings. The summed E-state index contributed by atoms with van der Waals surface area (Å²) in [6.07, 6.45) is 4.41. The Kier molecular flexibility index (Phi) is 5.76. The molecule has 2 amide bonds. The first kappa shape index (κ1) is 20.3. The topological polar surface area (TPSA) is 116 Å². The molecule has 0 spiro atoms. The number of aromatic amines is 1. The summed E-state index contributed by atoms with van der Waals surface area (Å²) in [7, 11) is 0. The van der Waals surface area contributed by atoms with Crippen molar-refractivity contribution in [3.05, 3.63) is 71.9 Å². The number of carbonyl (C=O) groups is 1. The molecule has 4 rings (SSSR count). The first-order valence-corrected chi connectivity index (χ1v) is 9.53. The third-order valence-corrected chi connectivity index (χ3v) is 4.75. The van der Waals surface area contributed by atoms with Crippen molar-refractivity contribution in [2.45, 2.75) is 12.8 Å². The van der Waals surface area contributed by atoms with E-state index in [0.717, 1.165) is 16.8 Å². The molecule has 0 aliphatic carbocycles. The van der Waals surface area contributed by atoms with Crippen molar-refractivity contribution in [1.82, 2.24) is 20.2 Å². The molecule has 3 N–H and O–H groups in total. The normalized spacial score (nSPS) is 12.4. The Morgan fingerprint density at radius 1 is 1.29 bits per heavy atom. The number of hydrogen-bond acceptors (Lipinski definition) is 5. The lowest BCUT2D eigenvalue weighted by Crippen LogP contribution is -2.12. The first-order chi connectivity index (χ1) is 15.1. The van der Waals surface area contributed by atoms with Gasteiger partial charge in [0.25, 0.3) is 0 Å². The van der Waals surface area contributed by atoms with E-state index in [4.69, 9.17) is 0 Å². The number of aliphatic hydroxyl groups is 1. The van der Waals surface area contributed by atoms with Crippen LogP contribution in [0.15, 0.2) is 59.9 Å². The molecular weight excluding hydrogens is 399 g/mol. The molecular formula is C22H19FN6O2. The minimum Gasteiger partial charge on any atom is -0.395 e. The minimum absolute atomic E-state index is 0.122. The van der Waals surface area contributed by atoms with E-state index >= 15 is 0 Å². The van der Waals surface area contributed by atoms with Crippen LogP contribution >= 0.6 is 0 Å². The number of hydrogen-bond donors (Lipinski definition) is 3. The van der Waals surface area contributed by atoms with Gasteiger partial charge in [-0.05, 0) is 24.6 Å². The van der Waals surface area contributed by atoms with E-state index in [1.54, 1.807) is 12.3 Å². The fourth-order valence-electron chi connectivity index (χ4n) is 3.18. The predicted molar refractivity (Wildman–Crippen MR) is 116 cm³/mol. The average Bonchev–Trinajstić information content (AvgIpc) is 3.22. The smallest absolute Gasteiger partial charge is 0.346 e. The zero-order chi connectivity index (χ0) is 21.8. The molecule has 3 heterocycles. The predicted octanol–water partition coefficient (Wildman–Crippen LogP) is 3.85. The summed E-state index contributed by atoms with van der Waals surface area (Å²) in [5, 5.41) is 19.2. The molecule has 1 atom stereocenters. The Bertz CT molecular complexity index is 1260. The highest BCUT2D eigenvalue weighted by molar-refractivity contribution is 5.98. The van der Waals surface area contributed by atoms with E-state index in [9.17, 15) is 14.3 Å². The van der Waals surface area contributed by atoms with E-state index < -0.39 is 17.8 Å². The highest BCUT2D eigenvalue weighted by Gasteiger charge is 2.17. The molecule has 1 aromatic carbocycles. The number of rotatable bonds is 5. The molecule has 1 unspecified atom stereocenters. The van der Waals surface area contributed by atoms with Crippen LogP contribution in [0, 0.1) is 12.7 Å². The Morgan fingerprint density at radius 3 is 2.84 bits per heavy atom. The van der Waals surface area contributed by atoms with Crippen LogP contribution in [0.4, 0.5) is 15.0 Å². The number of aryl methyl sites for hydroxylation is 1. The summed E-state index contributed by atoms with van der Waals surface area (Å²) < 4.78 is 14.9. The number of H-pyrrole nitrogens is 1. The number of amides is 2. The van der Waals surface area contributed by atoms with Crippen molar-refractivity contribution < 1.29 is 14.3 Å². The van der Waals surface area contributed by atoms with Gasteiger partial charge in [-0.3, -0.25) is 15.4 Å². The fourth-order valence-corrected chi connectivity index (χ4v) is 3.18. The summed E-state index contributed by atoms with van der Waals surface area (Å²) in [6, 6.07) is 11.9. The molecule has 9 heteroatoms. The zero-order valence-electron chi connectivity index (χ0n) is 16.6. The molecule has 0 bridgehead atoms. The van der Waals surface area contributed by atoms with Crippen molar-refractivity contribution in [2.24, 2.45) is 4.99 Å². The van der Waals surface area contributed by atoms with E-state index in [1.165, 1.54) is 12.4 Å². The number of nitrogens with zero attached hydrogens (tertiary/aromatic N) is 4. The molecule has 0 saturated carbocycles. The summed E-state index contributed by atoms with van der Waals surface area (Å²) in [5.74, 6) is -1.46. The number of benzene rings is 1. The number of urea groups is 1. The number of carbonyl (C=O) groups excluding carboxylic acids is 1. The number of fused-ring (bicyclic) bond motifs is 1. The maximum Gasteiger partial charge on any atom is 0.346 e. The van der Waals surface area contributed by atoms with Gasteiger partial charge in [0, 0.05) is 41.2 Å². The molecule has 31 heavy (non-hydrogen) atoms. The van der Waals surface area contributed by atoms with Crippen molar-refractivity contribution >= 4 is 29.0 Å². The minimum atomic E-state index is -0.801. The first-order valence-electron chi connectivity index (χ1n) is 9.53. The second-order valence-electron chi connectivity index (χ2n) is 6.88. The Labute approximate surface area is 176 Å². The van der Waals surface area contributed by atoms with Crippen LogP contribution in [-0.4, -0.2) is 44.1 Å². The summed E-state index contributed by atoms with van der Waals surface area (Å²) in [5.41, 5.74) is 3.05. The van der Waals surface area contributed by atoms with Gasteiger partial charge in [-0.2, -0.15) is 5.10 Å². The molecule has 156 valence electrons. The Hall–Kier alpha value is -3.98. The van der Waals surface area contributed by atoms with Gasteiger partial charge in [0.2, 0.25) is 0 Å². The van der Waals surface area contributed by atoms with Crippen molar-refractivity contribution in [3.63, 3.8) is 0 Å². The van der Waals surface area contributed by atoms with E-state index in [-0.39, 0.29) is 17.9 Å². The van der Waals surface area contributed by atoms with Gasteiger partial charge in [-0.25, -0.2) is 19.2 Å². The van der Waals surface area contributed by atoms with Crippen LogP contribution < -0.4 is 5.32 Å². The van der Waals surface area contributed by atoms with Gasteiger partial charge < -0.3 is 5.11 Å². The standard InChI is InChI=1S/C22H19FN6O2/c1-13-9-15(7-8-24-13)19-17-11-25-21(18(23)20(17)29-28-19)27-22(31)26-10-16(12-30)14-5-3-2-4-6-14/h2-11,16,30H,12H2,1H3,(H,28,29)(H,25,27,31). The van der Waals surface area contributed by atoms with Gasteiger partial charge in [-0.15, -0.1) is 0 Å². The lowest BCUT2D eigenvalue weighted by molar-refractivity contribution is 0.259. The maximum absolute atomic E-state index is 14.9. The van der Waals surface area contributed by atoms with Crippen molar-refractivity contribution in [2.75, 3.05) is 11.9 Å². The molecule has 4 aromatic rings. The van der Waals surface area contributed by atoms with Crippen LogP contribution in [0.25, 0.3) is 22.2 Å². The second-order valence-corrected chi connectivity index (χ2v) is 6.88. The number of anilines is 1. The molecule has 0 radical (unpaired) electrons. The SMILES string of the molecule is Cc1cc(-c2n[nH]c3c(F)c(NC(=O)N=CC(CO)c4ccccc4)ncc23)ccn1. The molecule has 0 saturated heterocycles. The molecule has 3 aromatic heterocycles. The number of aromatic nitrogens is 4. The van der Waals surface area contributed by atoms with Gasteiger partial charge >= 0.3 is 6.03 Å². The highest BCUT2D eigenvalue weighted by Crippen LogP contribution is 2.29. The maximum atomic E-state index is 14.9. The fraction of sp³-hybridized carbons (Fsp3) is 0.136. The van der Waals surface area contributed by atoms with Gasteiger partial charge in [-0.1, -0.05) is 30.3 Å². The molecule has 8 nitrogen and oxygen atoms in total. The number of aliphatic hydroxyl groups excluding tert-OH is 1. The van der Waals surface area contributed by atoms with Crippen LogP contribution in [0.3, 0.4) is 0 Å². The van der Waals surface area contributed by atoms with Crippen LogP contribution in [-0.2, 0) is 0 Å². The number of aliphatic imine (C=N–C) groups is 1. The van der Waals surface area contributed by atoms with Gasteiger partial charge in [0.05, 0.1) is 6.61 Å². The highest BCUT2D eigenvalue weighted by atomic mass is 19.1. The van der Waals surface area contributed by atoms with Crippen LogP contribution in [0.2, 0.25) is 0 Å². The Balaban J connectivity index is 1.55. The second kappa shape index (κ2) is 8.80. The summed E-state index contributed by atoms with van der Waals surface area (Å²) in [6.45, 7) is 1.63. The summed E-state index contributed by atoms with van der Waals surface area (Å²) >= 11 is 0. The molecule has 0 aliphatic rings. The monoisotopic (exact) mass is 418 g/mol. The zero-order valence-corrected chi connectivity index (χ0v) is 16.6. The third-order valence-electron chi connectivity index (χ3n) is 4.75. The van der Waals surface area contributed by atoms with Crippen LogP contribution in [0.1, 0.15) is 17.2 Å². The number of halogens is 1. The largest absolute Gasteiger partial charge is 0.395 e.